The standard InChI is InChI=1S/C12H14F3NO2/c1-12(2,3)16-10-7(13)5-6(11(17)18-4)8(14)9(10)15/h5,16H,1-4H3. The van der Waals surface area contributed by atoms with Crippen LogP contribution in [-0.2, 0) is 4.74 Å². The Balaban J connectivity index is 3.34. The summed E-state index contributed by atoms with van der Waals surface area (Å²) in [7, 11) is 0.999. The third-order valence-corrected chi connectivity index (χ3v) is 2.06. The lowest BCUT2D eigenvalue weighted by Crippen LogP contribution is -2.28. The molecule has 0 saturated carbocycles. The Labute approximate surface area is 103 Å². The van der Waals surface area contributed by atoms with Crippen LogP contribution in [0.25, 0.3) is 0 Å². The van der Waals surface area contributed by atoms with Crippen LogP contribution in [0.2, 0.25) is 0 Å². The summed E-state index contributed by atoms with van der Waals surface area (Å²) in [5, 5.41) is 2.50. The SMILES string of the molecule is COC(=O)c1cc(F)c(NC(C)(C)C)c(F)c1F. The van der Waals surface area contributed by atoms with Gasteiger partial charge in [-0.2, -0.15) is 0 Å². The third-order valence-electron chi connectivity index (χ3n) is 2.06. The lowest BCUT2D eigenvalue weighted by Gasteiger charge is -2.23. The number of benzene rings is 1. The molecular weight excluding hydrogens is 247 g/mol. The fraction of sp³-hybridized carbons (Fsp3) is 0.417. The second kappa shape index (κ2) is 4.88. The van der Waals surface area contributed by atoms with Crippen LogP contribution in [0.5, 0.6) is 0 Å². The highest BCUT2D eigenvalue weighted by Gasteiger charge is 2.25. The van der Waals surface area contributed by atoms with Crippen LogP contribution in [0.4, 0.5) is 18.9 Å². The van der Waals surface area contributed by atoms with E-state index >= 15 is 0 Å². The first-order chi connectivity index (χ1) is 8.17. The van der Waals surface area contributed by atoms with Gasteiger partial charge in [0.05, 0.1) is 7.11 Å². The van der Waals surface area contributed by atoms with E-state index in [9.17, 15) is 18.0 Å². The molecule has 0 bridgehead atoms. The molecule has 18 heavy (non-hydrogen) atoms. The highest BCUT2D eigenvalue weighted by Crippen LogP contribution is 2.27. The van der Waals surface area contributed by atoms with Gasteiger partial charge in [-0.15, -0.1) is 0 Å². The second-order valence-corrected chi connectivity index (χ2v) is 4.78. The molecule has 1 aromatic carbocycles. The molecule has 0 amide bonds. The summed E-state index contributed by atoms with van der Waals surface area (Å²) in [6, 6.07) is 0.609. The molecule has 0 aliphatic rings. The molecule has 0 spiro atoms. The van der Waals surface area contributed by atoms with E-state index in [1.807, 2.05) is 0 Å². The van der Waals surface area contributed by atoms with E-state index < -0.39 is 40.2 Å². The maximum Gasteiger partial charge on any atom is 0.341 e. The van der Waals surface area contributed by atoms with E-state index in [0.717, 1.165) is 7.11 Å². The van der Waals surface area contributed by atoms with Crippen molar-refractivity contribution in [3.05, 3.63) is 29.1 Å². The largest absolute Gasteiger partial charge is 0.465 e. The van der Waals surface area contributed by atoms with Crippen molar-refractivity contribution >= 4 is 11.7 Å². The molecule has 0 radical (unpaired) electrons. The first kappa shape index (κ1) is 14.3. The van der Waals surface area contributed by atoms with E-state index in [-0.39, 0.29) is 0 Å². The molecule has 100 valence electrons. The highest BCUT2D eigenvalue weighted by molar-refractivity contribution is 5.90. The van der Waals surface area contributed by atoms with Gasteiger partial charge in [0.25, 0.3) is 0 Å². The third kappa shape index (κ3) is 2.94. The zero-order valence-corrected chi connectivity index (χ0v) is 10.5. The van der Waals surface area contributed by atoms with Crippen molar-refractivity contribution < 1.29 is 22.7 Å². The average Bonchev–Trinajstić information content (AvgIpc) is 2.27. The predicted molar refractivity (Wildman–Crippen MR) is 61.0 cm³/mol. The van der Waals surface area contributed by atoms with Crippen molar-refractivity contribution in [3.63, 3.8) is 0 Å². The number of rotatable bonds is 2. The zero-order chi connectivity index (χ0) is 14.1. The minimum absolute atomic E-state index is 0.604. The number of esters is 1. The van der Waals surface area contributed by atoms with Crippen molar-refractivity contribution in [1.29, 1.82) is 0 Å². The molecule has 0 aliphatic carbocycles. The Morgan fingerprint density at radius 3 is 2.22 bits per heavy atom. The number of carbonyl (C=O) groups excluding carboxylic acids is 1. The summed E-state index contributed by atoms with van der Waals surface area (Å²) in [5.41, 5.74) is -2.03. The first-order valence-corrected chi connectivity index (χ1v) is 5.21. The number of hydrogen-bond donors (Lipinski definition) is 1. The average molecular weight is 261 g/mol. The topological polar surface area (TPSA) is 38.3 Å². The summed E-state index contributed by atoms with van der Waals surface area (Å²) in [4.78, 5) is 11.1. The minimum Gasteiger partial charge on any atom is -0.465 e. The van der Waals surface area contributed by atoms with Gasteiger partial charge in [-0.1, -0.05) is 0 Å². The monoisotopic (exact) mass is 261 g/mol. The van der Waals surface area contributed by atoms with Crippen LogP contribution in [0, 0.1) is 17.5 Å². The van der Waals surface area contributed by atoms with Gasteiger partial charge in [0.1, 0.15) is 17.1 Å². The molecule has 6 heteroatoms. The quantitative estimate of drug-likeness (QED) is 0.656. The summed E-state index contributed by atoms with van der Waals surface area (Å²) < 4.78 is 45.1. The Bertz CT molecular complexity index is 481. The first-order valence-electron chi connectivity index (χ1n) is 5.21. The van der Waals surface area contributed by atoms with Crippen LogP contribution in [-0.4, -0.2) is 18.6 Å². The molecule has 3 nitrogen and oxygen atoms in total. The lowest BCUT2D eigenvalue weighted by molar-refractivity contribution is 0.0593. The maximum atomic E-state index is 13.7. The number of halogens is 3. The fourth-order valence-electron chi connectivity index (χ4n) is 1.34. The number of hydrogen-bond acceptors (Lipinski definition) is 3. The smallest absolute Gasteiger partial charge is 0.341 e. The molecule has 0 heterocycles. The normalized spacial score (nSPS) is 11.3. The number of carbonyl (C=O) groups is 1. The van der Waals surface area contributed by atoms with Gasteiger partial charge in [-0.25, -0.2) is 18.0 Å². The van der Waals surface area contributed by atoms with Gasteiger partial charge in [-0.05, 0) is 26.8 Å². The number of anilines is 1. The second-order valence-electron chi connectivity index (χ2n) is 4.78. The Morgan fingerprint density at radius 1 is 1.22 bits per heavy atom. The van der Waals surface area contributed by atoms with E-state index in [4.69, 9.17) is 0 Å². The van der Waals surface area contributed by atoms with E-state index in [0.29, 0.717) is 6.07 Å². The van der Waals surface area contributed by atoms with Gasteiger partial charge in [0.2, 0.25) is 0 Å². The highest BCUT2D eigenvalue weighted by atomic mass is 19.2. The number of methoxy groups -OCH3 is 1. The molecule has 0 aromatic heterocycles. The van der Waals surface area contributed by atoms with Crippen LogP contribution < -0.4 is 5.32 Å². The minimum atomic E-state index is -1.44. The van der Waals surface area contributed by atoms with Crippen LogP contribution in [0.15, 0.2) is 6.07 Å². The van der Waals surface area contributed by atoms with Crippen molar-refractivity contribution in [1.82, 2.24) is 0 Å². The van der Waals surface area contributed by atoms with Crippen molar-refractivity contribution in [2.75, 3.05) is 12.4 Å². The Morgan fingerprint density at radius 2 is 1.78 bits per heavy atom. The molecule has 0 unspecified atom stereocenters. The lowest BCUT2D eigenvalue weighted by atomic mass is 10.1. The van der Waals surface area contributed by atoms with E-state index in [1.165, 1.54) is 0 Å². The van der Waals surface area contributed by atoms with Crippen LogP contribution in [0.3, 0.4) is 0 Å². The van der Waals surface area contributed by atoms with E-state index in [1.54, 1.807) is 20.8 Å². The summed E-state index contributed by atoms with van der Waals surface area (Å²) in [6.07, 6.45) is 0. The number of ether oxygens (including phenoxy) is 1. The predicted octanol–water partition coefficient (Wildman–Crippen LogP) is 3.10. The molecule has 0 saturated heterocycles. The zero-order valence-electron chi connectivity index (χ0n) is 10.5. The van der Waals surface area contributed by atoms with Crippen molar-refractivity contribution in [3.8, 4) is 0 Å². The molecule has 1 rings (SSSR count). The fourth-order valence-corrected chi connectivity index (χ4v) is 1.34. The molecule has 0 aliphatic heterocycles. The molecule has 1 N–H and O–H groups in total. The summed E-state index contributed by atoms with van der Waals surface area (Å²) in [5.74, 6) is -5.06. The Kier molecular flexibility index (Phi) is 3.88. The number of nitrogens with one attached hydrogen (secondary N) is 1. The van der Waals surface area contributed by atoms with Gasteiger partial charge in [0, 0.05) is 5.54 Å². The van der Waals surface area contributed by atoms with Crippen LogP contribution in [0.1, 0.15) is 31.1 Å². The Hall–Kier alpha value is -1.72. The molecular formula is C12H14F3NO2. The van der Waals surface area contributed by atoms with Crippen molar-refractivity contribution in [2.24, 2.45) is 0 Å². The van der Waals surface area contributed by atoms with Crippen molar-refractivity contribution in [2.45, 2.75) is 26.3 Å². The maximum absolute atomic E-state index is 13.7. The summed E-state index contributed by atoms with van der Waals surface area (Å²) in [6.45, 7) is 4.99. The molecule has 0 atom stereocenters. The molecule has 1 aromatic rings. The van der Waals surface area contributed by atoms with Gasteiger partial charge < -0.3 is 10.1 Å². The summed E-state index contributed by atoms with van der Waals surface area (Å²) >= 11 is 0. The van der Waals surface area contributed by atoms with Gasteiger partial charge >= 0.3 is 5.97 Å². The van der Waals surface area contributed by atoms with Gasteiger partial charge in [0.15, 0.2) is 11.6 Å². The van der Waals surface area contributed by atoms with Gasteiger partial charge in [-0.3, -0.25) is 0 Å². The molecule has 0 fully saturated rings. The van der Waals surface area contributed by atoms with Crippen LogP contribution >= 0.6 is 0 Å². The van der Waals surface area contributed by atoms with E-state index in [2.05, 4.69) is 10.1 Å².